The van der Waals surface area contributed by atoms with Crippen molar-refractivity contribution in [2.45, 2.75) is 38.3 Å². The summed E-state index contributed by atoms with van der Waals surface area (Å²) in [7, 11) is 0. The molecule has 1 aliphatic heterocycles. The van der Waals surface area contributed by atoms with Crippen LogP contribution >= 0.6 is 0 Å². The fourth-order valence-corrected chi connectivity index (χ4v) is 3.14. The second-order valence-electron chi connectivity index (χ2n) is 5.90. The van der Waals surface area contributed by atoms with Crippen molar-refractivity contribution in [1.82, 2.24) is 15.6 Å². The Kier molecular flexibility index (Phi) is 4.45. The Morgan fingerprint density at radius 2 is 2.27 bits per heavy atom. The molecule has 2 heterocycles. The maximum absolute atomic E-state index is 12.0. The minimum Gasteiger partial charge on any atom is -0.392 e. The summed E-state index contributed by atoms with van der Waals surface area (Å²) in [5.41, 5.74) is 3.74. The number of para-hydroxylation sites is 1. The van der Waals surface area contributed by atoms with E-state index >= 15 is 0 Å². The van der Waals surface area contributed by atoms with Crippen LogP contribution in [0.2, 0.25) is 0 Å². The molecule has 2 aromatic rings. The number of carbonyl (C=O) groups is 1. The number of aryl methyl sites for hydroxylation is 1. The number of aromatic nitrogens is 1. The van der Waals surface area contributed by atoms with Gasteiger partial charge in [0.1, 0.15) is 0 Å². The lowest BCUT2D eigenvalue weighted by Gasteiger charge is -2.10. The Balaban J connectivity index is 1.59. The molecule has 0 spiro atoms. The number of fused-ring (bicyclic) bond motifs is 1. The molecule has 1 amide bonds. The third-order valence-corrected chi connectivity index (χ3v) is 4.39. The number of hydrogen-bond donors (Lipinski definition) is 4. The maximum Gasteiger partial charge on any atom is 0.237 e. The van der Waals surface area contributed by atoms with Gasteiger partial charge in [-0.2, -0.15) is 0 Å². The fraction of sp³-hybridized carbons (Fsp3) is 0.471. The van der Waals surface area contributed by atoms with Crippen molar-refractivity contribution in [1.29, 1.82) is 0 Å². The number of hydrogen-bond acceptors (Lipinski definition) is 3. The zero-order valence-electron chi connectivity index (χ0n) is 12.9. The number of aromatic amines is 1. The summed E-state index contributed by atoms with van der Waals surface area (Å²) < 4.78 is 0. The summed E-state index contributed by atoms with van der Waals surface area (Å²) in [6, 6.07) is 6.09. The van der Waals surface area contributed by atoms with Crippen LogP contribution in [0.4, 0.5) is 0 Å². The minimum atomic E-state index is -0.406. The molecule has 2 atom stereocenters. The molecule has 0 bridgehead atoms. The Morgan fingerprint density at radius 3 is 3.00 bits per heavy atom. The number of amides is 1. The number of aliphatic hydroxyl groups excluding tert-OH is 1. The van der Waals surface area contributed by atoms with Crippen molar-refractivity contribution in [2.24, 2.45) is 0 Å². The highest BCUT2D eigenvalue weighted by atomic mass is 16.3. The molecule has 1 saturated heterocycles. The van der Waals surface area contributed by atoms with E-state index in [1.54, 1.807) is 0 Å². The van der Waals surface area contributed by atoms with Gasteiger partial charge in [-0.1, -0.05) is 25.1 Å². The smallest absolute Gasteiger partial charge is 0.237 e. The molecular weight excluding hydrogens is 278 g/mol. The standard InChI is InChI=1S/C17H23N3O2/c1-2-11-4-3-5-14-12(9-20-16(11)14)6-7-18-17(22)15-8-13(21)10-19-15/h3-5,9,13,15,19-21H,2,6-8,10H2,1H3,(H,18,22). The molecule has 2 unspecified atom stereocenters. The molecule has 0 aliphatic carbocycles. The van der Waals surface area contributed by atoms with Gasteiger partial charge >= 0.3 is 0 Å². The summed E-state index contributed by atoms with van der Waals surface area (Å²) >= 11 is 0. The SMILES string of the molecule is CCc1cccc2c(CCNC(=O)C3CC(O)CN3)c[nH]c12. The van der Waals surface area contributed by atoms with Crippen LogP contribution in [0.3, 0.4) is 0 Å². The van der Waals surface area contributed by atoms with Crippen LogP contribution in [0.15, 0.2) is 24.4 Å². The molecule has 0 saturated carbocycles. The fourth-order valence-electron chi connectivity index (χ4n) is 3.14. The molecule has 0 radical (unpaired) electrons. The predicted octanol–water partition coefficient (Wildman–Crippen LogP) is 1.11. The molecule has 3 rings (SSSR count). The van der Waals surface area contributed by atoms with E-state index in [9.17, 15) is 9.90 Å². The van der Waals surface area contributed by atoms with Crippen LogP contribution in [0.25, 0.3) is 10.9 Å². The van der Waals surface area contributed by atoms with Gasteiger partial charge in [-0.25, -0.2) is 0 Å². The van der Waals surface area contributed by atoms with Gasteiger partial charge < -0.3 is 20.7 Å². The van der Waals surface area contributed by atoms with Crippen LogP contribution < -0.4 is 10.6 Å². The van der Waals surface area contributed by atoms with E-state index in [1.165, 1.54) is 22.0 Å². The Hall–Kier alpha value is -1.85. The normalized spacial score (nSPS) is 21.4. The molecule has 1 fully saturated rings. The molecule has 5 heteroatoms. The van der Waals surface area contributed by atoms with Gasteiger partial charge in [-0.05, 0) is 30.4 Å². The third-order valence-electron chi connectivity index (χ3n) is 4.39. The third kappa shape index (κ3) is 3.00. The largest absolute Gasteiger partial charge is 0.392 e. The first-order valence-electron chi connectivity index (χ1n) is 7.96. The minimum absolute atomic E-state index is 0.0226. The summed E-state index contributed by atoms with van der Waals surface area (Å²) in [5, 5.41) is 16.7. The number of rotatable bonds is 5. The van der Waals surface area contributed by atoms with Gasteiger partial charge in [0.05, 0.1) is 12.1 Å². The maximum atomic E-state index is 12.0. The molecule has 1 aromatic heterocycles. The Bertz CT molecular complexity index is 665. The average molecular weight is 301 g/mol. The lowest BCUT2D eigenvalue weighted by Crippen LogP contribution is -2.41. The molecular formula is C17H23N3O2. The number of aliphatic hydroxyl groups is 1. The Morgan fingerprint density at radius 1 is 1.41 bits per heavy atom. The summed E-state index contributed by atoms with van der Waals surface area (Å²) in [5.74, 6) is -0.0226. The molecule has 4 N–H and O–H groups in total. The van der Waals surface area contributed by atoms with Gasteiger partial charge in [0.25, 0.3) is 0 Å². The van der Waals surface area contributed by atoms with Crippen molar-refractivity contribution in [2.75, 3.05) is 13.1 Å². The van der Waals surface area contributed by atoms with E-state index in [1.807, 2.05) is 6.20 Å². The van der Waals surface area contributed by atoms with E-state index in [0.29, 0.717) is 19.5 Å². The molecule has 5 nitrogen and oxygen atoms in total. The Labute approximate surface area is 130 Å². The van der Waals surface area contributed by atoms with Crippen molar-refractivity contribution in [3.8, 4) is 0 Å². The van der Waals surface area contributed by atoms with Crippen molar-refractivity contribution < 1.29 is 9.90 Å². The predicted molar refractivity (Wildman–Crippen MR) is 86.8 cm³/mol. The van der Waals surface area contributed by atoms with Crippen LogP contribution in [0, 0.1) is 0 Å². The van der Waals surface area contributed by atoms with Gasteiger partial charge in [0, 0.05) is 30.2 Å². The number of β-amino-alcohol motifs (C(OH)–C–C–N with tert-alkyl or cyclic N) is 1. The zero-order valence-corrected chi connectivity index (χ0v) is 12.9. The highest BCUT2D eigenvalue weighted by Crippen LogP contribution is 2.22. The molecule has 118 valence electrons. The van der Waals surface area contributed by atoms with Gasteiger partial charge in [-0.15, -0.1) is 0 Å². The van der Waals surface area contributed by atoms with Crippen LogP contribution in [0.1, 0.15) is 24.5 Å². The van der Waals surface area contributed by atoms with Crippen LogP contribution in [-0.2, 0) is 17.6 Å². The average Bonchev–Trinajstić information content (AvgIpc) is 3.13. The number of carbonyl (C=O) groups excluding carboxylic acids is 1. The second-order valence-corrected chi connectivity index (χ2v) is 5.90. The molecule has 1 aliphatic rings. The van der Waals surface area contributed by atoms with Crippen molar-refractivity contribution in [3.63, 3.8) is 0 Å². The topological polar surface area (TPSA) is 77.2 Å². The molecule has 1 aromatic carbocycles. The lowest BCUT2D eigenvalue weighted by molar-refractivity contribution is -0.122. The van der Waals surface area contributed by atoms with Gasteiger partial charge in [0.15, 0.2) is 0 Å². The highest BCUT2D eigenvalue weighted by molar-refractivity contribution is 5.86. The number of benzene rings is 1. The van der Waals surface area contributed by atoms with E-state index in [4.69, 9.17) is 0 Å². The first-order chi connectivity index (χ1) is 10.7. The number of nitrogens with one attached hydrogen (secondary N) is 3. The van der Waals surface area contributed by atoms with E-state index < -0.39 is 6.10 Å². The first-order valence-corrected chi connectivity index (χ1v) is 7.96. The number of H-pyrrole nitrogens is 1. The van der Waals surface area contributed by atoms with E-state index in [-0.39, 0.29) is 11.9 Å². The van der Waals surface area contributed by atoms with Gasteiger partial charge in [-0.3, -0.25) is 4.79 Å². The second kappa shape index (κ2) is 6.50. The lowest BCUT2D eigenvalue weighted by atomic mass is 10.1. The monoisotopic (exact) mass is 301 g/mol. The van der Waals surface area contributed by atoms with E-state index in [2.05, 4.69) is 40.7 Å². The highest BCUT2D eigenvalue weighted by Gasteiger charge is 2.27. The van der Waals surface area contributed by atoms with Crippen LogP contribution in [-0.4, -0.2) is 41.2 Å². The van der Waals surface area contributed by atoms with Crippen LogP contribution in [0.5, 0.6) is 0 Å². The summed E-state index contributed by atoms with van der Waals surface area (Å²) in [4.78, 5) is 15.3. The summed E-state index contributed by atoms with van der Waals surface area (Å²) in [6.45, 7) is 3.26. The van der Waals surface area contributed by atoms with Gasteiger partial charge in [0.2, 0.25) is 5.91 Å². The zero-order chi connectivity index (χ0) is 15.5. The van der Waals surface area contributed by atoms with Crippen molar-refractivity contribution >= 4 is 16.8 Å². The van der Waals surface area contributed by atoms with Crippen molar-refractivity contribution in [3.05, 3.63) is 35.5 Å². The quantitative estimate of drug-likeness (QED) is 0.668. The first kappa shape index (κ1) is 15.1. The molecule has 22 heavy (non-hydrogen) atoms. The van der Waals surface area contributed by atoms with E-state index in [0.717, 1.165) is 12.8 Å². The summed E-state index contributed by atoms with van der Waals surface area (Å²) in [6.07, 6.45) is 3.93.